The first-order valence-electron chi connectivity index (χ1n) is 27.7. The molecule has 4 heterocycles. The Bertz CT molecular complexity index is 2250. The molecule has 0 aromatic heterocycles. The number of rotatable bonds is 11. The molecule has 444 valence electrons. The first-order chi connectivity index (χ1) is 36.4. The molecule has 4 saturated heterocycles. The summed E-state index contributed by atoms with van der Waals surface area (Å²) in [7, 11) is 0. The Morgan fingerprint density at radius 1 is 0.628 bits per heavy atom. The standard InChI is InChI=1S/C54H84O24/c1-21-30(58)33(61)38(66)44(71-21)76-41-35(63)31(59)22(2)72-46(41)78-48(70)54-16-15-49(3,4)17-24(54)23-9-10-27-50(5)13-12-29(51(6,20-56)26(50)11-14-52(27,7)53(23,8)18-28(54)57)74-47-42(37(65)36(64)40(75-47)43(68)69)77-45-39(67)34(62)32(60)25(19-55)73-45/h9,20-22,24-42,44-47,55,57-67H,10-19H2,1-8H3,(H,68,69)/t21-,22+,24-,25+,26+,27+,28+,29-,30-,31-,32-,33+,34-,35-,36-,37-,38+,39+,40-,41+,42+,44-,45-,46-,47+,50-,51-,52+,53+,54+/m0/s1. The van der Waals surface area contributed by atoms with Gasteiger partial charge < -0.3 is 109 Å². The van der Waals surface area contributed by atoms with Crippen LogP contribution in [0.2, 0.25) is 0 Å². The van der Waals surface area contributed by atoms with Crippen molar-refractivity contribution >= 4 is 18.2 Å². The van der Waals surface area contributed by atoms with Crippen LogP contribution in [0, 0.1) is 50.2 Å². The molecule has 30 atom stereocenters. The van der Waals surface area contributed by atoms with Gasteiger partial charge in [0.15, 0.2) is 31.1 Å². The molecule has 4 saturated carbocycles. The number of aliphatic carboxylic acids is 1. The lowest BCUT2D eigenvalue weighted by atomic mass is 9.33. The average molecular weight is 1120 g/mol. The van der Waals surface area contributed by atoms with E-state index >= 15 is 4.79 Å². The van der Waals surface area contributed by atoms with E-state index in [9.17, 15) is 76.0 Å². The second-order valence-electron chi connectivity index (χ2n) is 26.0. The fourth-order valence-corrected chi connectivity index (χ4v) is 16.3. The maximum Gasteiger partial charge on any atom is 0.335 e. The van der Waals surface area contributed by atoms with Crippen molar-refractivity contribution in [3.8, 4) is 0 Å². The van der Waals surface area contributed by atoms with Gasteiger partial charge in [0.1, 0.15) is 84.9 Å². The molecule has 24 heteroatoms. The van der Waals surface area contributed by atoms with Gasteiger partial charge in [-0.05, 0) is 111 Å². The molecule has 0 amide bonds. The van der Waals surface area contributed by atoms with Gasteiger partial charge in [0.05, 0.1) is 36.4 Å². The number of carboxylic acids is 1. The average Bonchev–Trinajstić information content (AvgIpc) is 2.77. The summed E-state index contributed by atoms with van der Waals surface area (Å²) in [5, 5.41) is 141. The molecule has 0 aromatic carbocycles. The summed E-state index contributed by atoms with van der Waals surface area (Å²) < 4.78 is 47.7. The maximum atomic E-state index is 15.3. The number of aldehydes is 1. The number of aliphatic hydroxyl groups is 12. The second kappa shape index (κ2) is 21.3. The van der Waals surface area contributed by atoms with Gasteiger partial charge in [0.2, 0.25) is 6.29 Å². The Morgan fingerprint density at radius 2 is 1.21 bits per heavy atom. The van der Waals surface area contributed by atoms with Crippen LogP contribution < -0.4 is 0 Å². The molecule has 9 aliphatic rings. The molecule has 24 nitrogen and oxygen atoms in total. The number of hydrogen-bond acceptors (Lipinski definition) is 23. The smallest absolute Gasteiger partial charge is 0.335 e. The highest BCUT2D eigenvalue weighted by atomic mass is 16.8. The highest BCUT2D eigenvalue weighted by molar-refractivity contribution is 5.80. The van der Waals surface area contributed by atoms with Crippen molar-refractivity contribution < 1.29 is 119 Å². The van der Waals surface area contributed by atoms with Gasteiger partial charge in [-0.1, -0.05) is 53.2 Å². The van der Waals surface area contributed by atoms with E-state index in [2.05, 4.69) is 40.7 Å². The van der Waals surface area contributed by atoms with Crippen LogP contribution in [0.5, 0.6) is 0 Å². The lowest BCUT2D eigenvalue weighted by Crippen LogP contribution is -2.69. The summed E-state index contributed by atoms with van der Waals surface area (Å²) in [6.07, 6.45) is -29.4. The fraction of sp³-hybridized carbons (Fsp3) is 0.907. The van der Waals surface area contributed by atoms with Gasteiger partial charge in [0, 0.05) is 0 Å². The Kier molecular flexibility index (Phi) is 16.5. The Morgan fingerprint density at radius 3 is 1.82 bits per heavy atom. The van der Waals surface area contributed by atoms with Gasteiger partial charge in [-0.15, -0.1) is 0 Å². The molecule has 0 spiro atoms. The number of ether oxygens (including phenoxy) is 8. The largest absolute Gasteiger partial charge is 0.479 e. The Balaban J connectivity index is 0.993. The molecule has 0 aromatic rings. The number of carboxylic acid groups (broad SMARTS) is 1. The summed E-state index contributed by atoms with van der Waals surface area (Å²) >= 11 is 0. The number of fused-ring (bicyclic) bond motifs is 7. The highest BCUT2D eigenvalue weighted by Crippen LogP contribution is 2.76. The zero-order valence-electron chi connectivity index (χ0n) is 45.5. The molecule has 5 aliphatic carbocycles. The van der Waals surface area contributed by atoms with Gasteiger partial charge in [-0.25, -0.2) is 4.79 Å². The van der Waals surface area contributed by atoms with Crippen molar-refractivity contribution in [2.45, 2.75) is 248 Å². The van der Waals surface area contributed by atoms with E-state index < -0.39 is 187 Å². The molecule has 9 rings (SSSR count). The van der Waals surface area contributed by atoms with E-state index in [1.165, 1.54) is 13.8 Å². The summed E-state index contributed by atoms with van der Waals surface area (Å²) in [5.74, 6) is -3.47. The summed E-state index contributed by atoms with van der Waals surface area (Å²) in [6.45, 7) is 14.6. The maximum absolute atomic E-state index is 15.3. The molecule has 13 N–H and O–H groups in total. The van der Waals surface area contributed by atoms with E-state index in [-0.39, 0.29) is 36.5 Å². The molecule has 0 bridgehead atoms. The summed E-state index contributed by atoms with van der Waals surface area (Å²) in [6, 6.07) is 0. The number of allylic oxidation sites excluding steroid dienone is 2. The Labute approximate surface area is 452 Å². The van der Waals surface area contributed by atoms with Crippen molar-refractivity contribution in [2.75, 3.05) is 6.61 Å². The minimum atomic E-state index is -2.08. The third-order valence-corrected chi connectivity index (χ3v) is 21.3. The SMILES string of the molecule is C[C@@H]1O[C@@H](O[C@H]2[C@H](OC(=O)[C@]34CCC(C)(C)C[C@H]3C3=CC[C@@H]5[C@@]6(C)CC[C@H](O[C@@H]7O[C@H](C(=O)O)[C@@H](O)[C@H](O)[C@H]7O[C@@H]7O[C@H](CO)[C@H](O)[C@H](O)[C@H]7O)[C@@](C)(C=O)[C@@H]6CC[C@@]5(C)[C@]3(C)C[C@H]4O)O[C@H](C)[C@H](O)[C@@H]2O)[C@H](O)[C@H](O)[C@H]1O. The lowest BCUT2D eigenvalue weighted by Gasteiger charge is -2.71. The van der Waals surface area contributed by atoms with Crippen LogP contribution in [0.1, 0.15) is 113 Å². The van der Waals surface area contributed by atoms with E-state index in [1.54, 1.807) is 6.92 Å². The van der Waals surface area contributed by atoms with E-state index in [4.69, 9.17) is 37.9 Å². The lowest BCUT2D eigenvalue weighted by molar-refractivity contribution is -0.373. The summed E-state index contributed by atoms with van der Waals surface area (Å²) in [4.78, 5) is 41.5. The number of hydrogen-bond donors (Lipinski definition) is 13. The van der Waals surface area contributed by atoms with Crippen molar-refractivity contribution in [3.63, 3.8) is 0 Å². The highest BCUT2D eigenvalue weighted by Gasteiger charge is 2.73. The van der Waals surface area contributed by atoms with Crippen LogP contribution in [-0.4, -0.2) is 226 Å². The molecule has 0 unspecified atom stereocenters. The first kappa shape index (κ1) is 60.2. The van der Waals surface area contributed by atoms with Crippen LogP contribution in [0.25, 0.3) is 0 Å². The first-order valence-corrected chi connectivity index (χ1v) is 27.7. The van der Waals surface area contributed by atoms with Crippen LogP contribution >= 0.6 is 0 Å². The number of esters is 1. The van der Waals surface area contributed by atoms with Gasteiger partial charge >= 0.3 is 11.9 Å². The quantitative estimate of drug-likeness (QED) is 0.0473. The van der Waals surface area contributed by atoms with E-state index in [1.807, 2.05) is 0 Å². The molecular weight excluding hydrogens is 1030 g/mol. The van der Waals surface area contributed by atoms with Crippen molar-refractivity contribution in [1.29, 1.82) is 0 Å². The van der Waals surface area contributed by atoms with Crippen LogP contribution in [0.4, 0.5) is 0 Å². The minimum absolute atomic E-state index is 0.106. The minimum Gasteiger partial charge on any atom is -0.479 e. The van der Waals surface area contributed by atoms with Gasteiger partial charge in [0.25, 0.3) is 0 Å². The second-order valence-corrected chi connectivity index (χ2v) is 26.0. The van der Waals surface area contributed by atoms with Gasteiger partial charge in [-0.3, -0.25) is 4.79 Å². The molecule has 4 aliphatic heterocycles. The fourth-order valence-electron chi connectivity index (χ4n) is 16.3. The zero-order valence-corrected chi connectivity index (χ0v) is 45.5. The number of carbonyl (C=O) groups is 3. The topological polar surface area (TPSA) is 388 Å². The van der Waals surface area contributed by atoms with E-state index in [0.29, 0.717) is 38.5 Å². The molecule has 8 fully saturated rings. The Hall–Kier alpha value is -2.41. The number of aliphatic hydroxyl groups excluding tert-OH is 12. The molecule has 78 heavy (non-hydrogen) atoms. The van der Waals surface area contributed by atoms with Crippen molar-refractivity contribution in [1.82, 2.24) is 0 Å². The monoisotopic (exact) mass is 1120 g/mol. The van der Waals surface area contributed by atoms with Gasteiger partial charge in [-0.2, -0.15) is 0 Å². The molecule has 0 radical (unpaired) electrons. The third-order valence-electron chi connectivity index (χ3n) is 21.3. The van der Waals surface area contributed by atoms with E-state index in [0.717, 1.165) is 11.9 Å². The normalized spacial score (nSPS) is 55.0. The van der Waals surface area contributed by atoms with Crippen LogP contribution in [0.15, 0.2) is 11.6 Å². The predicted octanol–water partition coefficient (Wildman–Crippen LogP) is -1.74. The van der Waals surface area contributed by atoms with Crippen molar-refractivity contribution in [3.05, 3.63) is 11.6 Å². The van der Waals surface area contributed by atoms with Crippen molar-refractivity contribution in [2.24, 2.45) is 50.2 Å². The summed E-state index contributed by atoms with van der Waals surface area (Å²) in [5.41, 5.74) is -3.94. The number of carbonyl (C=O) groups excluding carboxylic acids is 2. The van der Waals surface area contributed by atoms with Crippen LogP contribution in [0.3, 0.4) is 0 Å². The van der Waals surface area contributed by atoms with Crippen LogP contribution in [-0.2, 0) is 52.3 Å². The molecular formula is C54H84O24. The third kappa shape index (κ3) is 9.36. The predicted molar refractivity (Wildman–Crippen MR) is 262 cm³/mol. The zero-order chi connectivity index (χ0) is 57.3.